The molecule has 0 aromatic carbocycles. The van der Waals surface area contributed by atoms with Crippen LogP contribution in [0.25, 0.3) is 0 Å². The molecule has 5 nitrogen and oxygen atoms in total. The smallest absolute Gasteiger partial charge is 0.233 e. The van der Waals surface area contributed by atoms with E-state index < -0.39 is 0 Å². The first kappa shape index (κ1) is 12.1. The van der Waals surface area contributed by atoms with Gasteiger partial charge in [0, 0.05) is 19.1 Å². The summed E-state index contributed by atoms with van der Waals surface area (Å²) in [5.41, 5.74) is 5.87. The van der Waals surface area contributed by atoms with Crippen LogP contribution in [0.15, 0.2) is 12.4 Å². The van der Waals surface area contributed by atoms with E-state index in [0.717, 1.165) is 12.4 Å². The van der Waals surface area contributed by atoms with Gasteiger partial charge in [0.25, 0.3) is 0 Å². The quantitative estimate of drug-likeness (QED) is 0.849. The fourth-order valence-corrected chi connectivity index (χ4v) is 2.47. The van der Waals surface area contributed by atoms with Crippen LogP contribution < -0.4 is 15.4 Å². The van der Waals surface area contributed by atoms with Gasteiger partial charge in [0.1, 0.15) is 0 Å². The molecule has 1 fully saturated rings. The van der Waals surface area contributed by atoms with E-state index in [1.165, 1.54) is 12.8 Å². The third-order valence-electron chi connectivity index (χ3n) is 3.46. The van der Waals surface area contributed by atoms with Crippen molar-refractivity contribution in [3.63, 3.8) is 0 Å². The molecule has 2 rings (SSSR count). The van der Waals surface area contributed by atoms with Crippen LogP contribution in [-0.2, 0) is 0 Å². The lowest BCUT2D eigenvalue weighted by molar-refractivity contribution is 0.345. The first-order chi connectivity index (χ1) is 8.26. The van der Waals surface area contributed by atoms with Crippen molar-refractivity contribution in [3.05, 3.63) is 12.4 Å². The number of ether oxygens (including phenoxy) is 1. The molecule has 1 aromatic rings. The summed E-state index contributed by atoms with van der Waals surface area (Å²) in [5.74, 6) is 2.02. The van der Waals surface area contributed by atoms with E-state index in [1.54, 1.807) is 19.5 Å². The zero-order valence-corrected chi connectivity index (χ0v) is 10.5. The predicted octanol–water partition coefficient (Wildman–Crippen LogP) is 1.05. The molecule has 2 unspecified atom stereocenters. The van der Waals surface area contributed by atoms with Gasteiger partial charge in [0.2, 0.25) is 5.88 Å². The molecule has 17 heavy (non-hydrogen) atoms. The van der Waals surface area contributed by atoms with E-state index in [0.29, 0.717) is 24.4 Å². The lowest BCUT2D eigenvalue weighted by atomic mass is 9.91. The maximum Gasteiger partial charge on any atom is 0.233 e. The third kappa shape index (κ3) is 2.49. The van der Waals surface area contributed by atoms with Gasteiger partial charge in [-0.3, -0.25) is 4.98 Å². The number of hydrogen-bond acceptors (Lipinski definition) is 5. The number of rotatable bonds is 3. The maximum absolute atomic E-state index is 5.87. The van der Waals surface area contributed by atoms with Gasteiger partial charge in [-0.15, -0.1) is 0 Å². The van der Waals surface area contributed by atoms with E-state index in [9.17, 15) is 0 Å². The summed E-state index contributed by atoms with van der Waals surface area (Å²) in [7, 11) is 1.60. The van der Waals surface area contributed by atoms with Crippen molar-refractivity contribution in [1.29, 1.82) is 0 Å². The molecule has 2 N–H and O–H groups in total. The Morgan fingerprint density at radius 1 is 1.53 bits per heavy atom. The highest BCUT2D eigenvalue weighted by atomic mass is 16.5. The molecule has 1 aliphatic rings. The van der Waals surface area contributed by atoms with E-state index in [-0.39, 0.29) is 0 Å². The highest BCUT2D eigenvalue weighted by Gasteiger charge is 2.28. The van der Waals surface area contributed by atoms with Crippen LogP contribution >= 0.6 is 0 Å². The molecule has 2 atom stereocenters. The second kappa shape index (κ2) is 5.31. The second-order valence-corrected chi connectivity index (χ2v) is 4.54. The largest absolute Gasteiger partial charge is 0.480 e. The highest BCUT2D eigenvalue weighted by molar-refractivity contribution is 5.40. The minimum Gasteiger partial charge on any atom is -0.480 e. The lowest BCUT2D eigenvalue weighted by Crippen LogP contribution is -2.49. The number of aromatic nitrogens is 2. The van der Waals surface area contributed by atoms with Crippen LogP contribution in [0.1, 0.15) is 19.8 Å². The number of nitrogens with zero attached hydrogens (tertiary/aromatic N) is 3. The van der Waals surface area contributed by atoms with Crippen molar-refractivity contribution < 1.29 is 4.74 Å². The summed E-state index contributed by atoms with van der Waals surface area (Å²) >= 11 is 0. The zero-order chi connectivity index (χ0) is 12.3. The SMILES string of the molecule is COc1cncc(N2CCCC(C)C2CN)n1. The Balaban J connectivity index is 2.23. The number of nitrogens with two attached hydrogens (primary N) is 1. The average molecular weight is 236 g/mol. The molecule has 0 bridgehead atoms. The Morgan fingerprint density at radius 3 is 3.06 bits per heavy atom. The molecule has 0 amide bonds. The van der Waals surface area contributed by atoms with Crippen molar-refractivity contribution in [2.45, 2.75) is 25.8 Å². The van der Waals surface area contributed by atoms with Crippen LogP contribution in [0.5, 0.6) is 5.88 Å². The Labute approximate surface area is 102 Å². The fourth-order valence-electron chi connectivity index (χ4n) is 2.47. The van der Waals surface area contributed by atoms with Gasteiger partial charge in [-0.25, -0.2) is 0 Å². The maximum atomic E-state index is 5.87. The van der Waals surface area contributed by atoms with Gasteiger partial charge in [0.15, 0.2) is 5.82 Å². The molecule has 94 valence electrons. The fraction of sp³-hybridized carbons (Fsp3) is 0.667. The first-order valence-electron chi connectivity index (χ1n) is 6.09. The summed E-state index contributed by atoms with van der Waals surface area (Å²) in [6.45, 7) is 3.89. The van der Waals surface area contributed by atoms with Crippen LogP contribution in [0, 0.1) is 5.92 Å². The van der Waals surface area contributed by atoms with Crippen molar-refractivity contribution in [2.24, 2.45) is 11.7 Å². The summed E-state index contributed by atoms with van der Waals surface area (Å²) in [4.78, 5) is 10.8. The van der Waals surface area contributed by atoms with Crippen molar-refractivity contribution >= 4 is 5.82 Å². The molecule has 0 radical (unpaired) electrons. The highest BCUT2D eigenvalue weighted by Crippen LogP contribution is 2.27. The molecule has 0 spiro atoms. The van der Waals surface area contributed by atoms with E-state index in [4.69, 9.17) is 10.5 Å². The van der Waals surface area contributed by atoms with Crippen LogP contribution in [0.3, 0.4) is 0 Å². The Hall–Kier alpha value is -1.36. The molecule has 0 saturated carbocycles. The molecule has 1 aromatic heterocycles. The monoisotopic (exact) mass is 236 g/mol. The molecular formula is C12H20N4O. The number of methoxy groups -OCH3 is 1. The van der Waals surface area contributed by atoms with Gasteiger partial charge in [-0.1, -0.05) is 6.92 Å². The van der Waals surface area contributed by atoms with Gasteiger partial charge in [0.05, 0.1) is 19.5 Å². The normalized spacial score (nSPS) is 24.8. The Morgan fingerprint density at radius 2 is 2.35 bits per heavy atom. The lowest BCUT2D eigenvalue weighted by Gasteiger charge is -2.40. The number of hydrogen-bond donors (Lipinski definition) is 1. The van der Waals surface area contributed by atoms with Crippen LogP contribution in [0.2, 0.25) is 0 Å². The van der Waals surface area contributed by atoms with Crippen molar-refractivity contribution in [2.75, 3.05) is 25.1 Å². The minimum absolute atomic E-state index is 0.352. The van der Waals surface area contributed by atoms with Gasteiger partial charge < -0.3 is 15.4 Å². The minimum atomic E-state index is 0.352. The zero-order valence-electron chi connectivity index (χ0n) is 10.5. The second-order valence-electron chi connectivity index (χ2n) is 4.54. The van der Waals surface area contributed by atoms with E-state index >= 15 is 0 Å². The van der Waals surface area contributed by atoms with Gasteiger partial charge in [-0.05, 0) is 18.8 Å². The summed E-state index contributed by atoms with van der Waals surface area (Å²) < 4.78 is 5.11. The number of piperidine rings is 1. The van der Waals surface area contributed by atoms with E-state index in [1.807, 2.05) is 0 Å². The Kier molecular flexibility index (Phi) is 3.78. The molecule has 0 aliphatic carbocycles. The van der Waals surface area contributed by atoms with Crippen molar-refractivity contribution in [1.82, 2.24) is 9.97 Å². The molecule has 2 heterocycles. The topological polar surface area (TPSA) is 64.3 Å². The van der Waals surface area contributed by atoms with Crippen LogP contribution in [-0.4, -0.2) is 36.2 Å². The van der Waals surface area contributed by atoms with Gasteiger partial charge >= 0.3 is 0 Å². The molecule has 1 aliphatic heterocycles. The van der Waals surface area contributed by atoms with Crippen molar-refractivity contribution in [3.8, 4) is 5.88 Å². The first-order valence-corrected chi connectivity index (χ1v) is 6.09. The molecule has 5 heteroatoms. The molecular weight excluding hydrogens is 216 g/mol. The van der Waals surface area contributed by atoms with Crippen LogP contribution in [0.4, 0.5) is 5.82 Å². The predicted molar refractivity (Wildman–Crippen MR) is 67.2 cm³/mol. The average Bonchev–Trinajstić information content (AvgIpc) is 2.38. The Bertz CT molecular complexity index is 371. The third-order valence-corrected chi connectivity index (χ3v) is 3.46. The summed E-state index contributed by atoms with van der Waals surface area (Å²) in [6.07, 6.45) is 5.81. The van der Waals surface area contributed by atoms with Gasteiger partial charge in [-0.2, -0.15) is 4.98 Å². The summed E-state index contributed by atoms with van der Waals surface area (Å²) in [5, 5.41) is 0. The summed E-state index contributed by atoms with van der Waals surface area (Å²) in [6, 6.07) is 0.352. The number of anilines is 1. The molecule has 1 saturated heterocycles. The standard InChI is InChI=1S/C12H20N4O/c1-9-4-3-5-16(10(9)6-13)11-7-14-8-12(15-11)17-2/h7-10H,3-6,13H2,1-2H3. The van der Waals surface area contributed by atoms with E-state index in [2.05, 4.69) is 21.8 Å².